The SMILES string of the molecule is CCc1ccc(C(C)NCc2ccc(COC)cc2)cc1. The molecule has 21 heavy (non-hydrogen) atoms. The van der Waals surface area contributed by atoms with Crippen LogP contribution in [-0.2, 0) is 24.3 Å². The Bertz CT molecular complexity index is 530. The van der Waals surface area contributed by atoms with Crippen LogP contribution in [-0.4, -0.2) is 7.11 Å². The second-order valence-electron chi connectivity index (χ2n) is 5.45. The predicted molar refractivity (Wildman–Crippen MR) is 88.2 cm³/mol. The lowest BCUT2D eigenvalue weighted by Gasteiger charge is -2.15. The zero-order valence-corrected chi connectivity index (χ0v) is 13.2. The first-order valence-corrected chi connectivity index (χ1v) is 7.62. The summed E-state index contributed by atoms with van der Waals surface area (Å²) in [5.74, 6) is 0. The Morgan fingerprint density at radius 1 is 0.905 bits per heavy atom. The molecule has 1 unspecified atom stereocenters. The number of benzene rings is 2. The van der Waals surface area contributed by atoms with Gasteiger partial charge in [0.15, 0.2) is 0 Å². The highest BCUT2D eigenvalue weighted by atomic mass is 16.5. The molecule has 2 aromatic rings. The van der Waals surface area contributed by atoms with Gasteiger partial charge >= 0.3 is 0 Å². The summed E-state index contributed by atoms with van der Waals surface area (Å²) in [5, 5.41) is 3.57. The highest BCUT2D eigenvalue weighted by molar-refractivity contribution is 5.25. The standard InChI is InChI=1S/C19H25NO/c1-4-16-9-11-19(12-10-16)15(2)20-13-17-5-7-18(8-6-17)14-21-3/h5-12,15,20H,4,13-14H2,1-3H3. The molecule has 0 fully saturated rings. The molecule has 2 aromatic carbocycles. The van der Waals surface area contributed by atoms with Crippen molar-refractivity contribution in [2.45, 2.75) is 39.5 Å². The minimum Gasteiger partial charge on any atom is -0.380 e. The topological polar surface area (TPSA) is 21.3 Å². The predicted octanol–water partition coefficient (Wildman–Crippen LogP) is 4.25. The van der Waals surface area contributed by atoms with Crippen molar-refractivity contribution in [1.82, 2.24) is 5.32 Å². The van der Waals surface area contributed by atoms with Gasteiger partial charge in [-0.25, -0.2) is 0 Å². The summed E-state index contributed by atoms with van der Waals surface area (Å²) in [6.07, 6.45) is 1.09. The molecule has 2 heteroatoms. The number of methoxy groups -OCH3 is 1. The largest absolute Gasteiger partial charge is 0.380 e. The Morgan fingerprint density at radius 3 is 2.05 bits per heavy atom. The van der Waals surface area contributed by atoms with Gasteiger partial charge in [-0.3, -0.25) is 0 Å². The number of nitrogens with one attached hydrogen (secondary N) is 1. The first kappa shape index (κ1) is 15.7. The fourth-order valence-electron chi connectivity index (χ4n) is 2.35. The lowest BCUT2D eigenvalue weighted by atomic mass is 10.0. The van der Waals surface area contributed by atoms with Crippen molar-refractivity contribution in [3.05, 3.63) is 70.8 Å². The van der Waals surface area contributed by atoms with Crippen LogP contribution in [0.15, 0.2) is 48.5 Å². The smallest absolute Gasteiger partial charge is 0.0713 e. The van der Waals surface area contributed by atoms with Gasteiger partial charge in [-0.05, 0) is 35.6 Å². The van der Waals surface area contributed by atoms with Crippen LogP contribution < -0.4 is 5.32 Å². The number of aryl methyl sites for hydroxylation is 1. The molecule has 0 heterocycles. The van der Waals surface area contributed by atoms with Gasteiger partial charge in [0.2, 0.25) is 0 Å². The van der Waals surface area contributed by atoms with E-state index in [2.05, 4.69) is 67.7 Å². The van der Waals surface area contributed by atoms with Gasteiger partial charge in [0.25, 0.3) is 0 Å². The molecule has 0 aromatic heterocycles. The summed E-state index contributed by atoms with van der Waals surface area (Å²) < 4.78 is 5.13. The second kappa shape index (κ2) is 7.96. The monoisotopic (exact) mass is 283 g/mol. The molecule has 0 bridgehead atoms. The van der Waals surface area contributed by atoms with Crippen molar-refractivity contribution in [3.8, 4) is 0 Å². The van der Waals surface area contributed by atoms with E-state index in [4.69, 9.17) is 4.74 Å². The molecule has 2 rings (SSSR count). The fraction of sp³-hybridized carbons (Fsp3) is 0.368. The van der Waals surface area contributed by atoms with Gasteiger partial charge < -0.3 is 10.1 Å². The molecule has 112 valence electrons. The molecule has 0 radical (unpaired) electrons. The lowest BCUT2D eigenvalue weighted by Crippen LogP contribution is -2.18. The Kier molecular flexibility index (Phi) is 5.97. The molecule has 0 saturated heterocycles. The van der Waals surface area contributed by atoms with Crippen LogP contribution in [0.4, 0.5) is 0 Å². The van der Waals surface area contributed by atoms with Crippen molar-refractivity contribution in [3.63, 3.8) is 0 Å². The van der Waals surface area contributed by atoms with Crippen LogP contribution in [0.3, 0.4) is 0 Å². The zero-order chi connectivity index (χ0) is 15.1. The van der Waals surface area contributed by atoms with Crippen LogP contribution >= 0.6 is 0 Å². The lowest BCUT2D eigenvalue weighted by molar-refractivity contribution is 0.185. The highest BCUT2D eigenvalue weighted by Crippen LogP contribution is 2.15. The van der Waals surface area contributed by atoms with Crippen molar-refractivity contribution < 1.29 is 4.74 Å². The summed E-state index contributed by atoms with van der Waals surface area (Å²) in [4.78, 5) is 0. The summed E-state index contributed by atoms with van der Waals surface area (Å²) in [6.45, 7) is 5.95. The Morgan fingerprint density at radius 2 is 1.48 bits per heavy atom. The number of rotatable bonds is 7. The maximum absolute atomic E-state index is 5.13. The highest BCUT2D eigenvalue weighted by Gasteiger charge is 2.04. The maximum Gasteiger partial charge on any atom is 0.0713 e. The van der Waals surface area contributed by atoms with Crippen LogP contribution in [0, 0.1) is 0 Å². The van der Waals surface area contributed by atoms with Crippen molar-refractivity contribution in [2.75, 3.05) is 7.11 Å². The second-order valence-corrected chi connectivity index (χ2v) is 5.45. The molecule has 0 amide bonds. The van der Waals surface area contributed by atoms with Gasteiger partial charge in [-0.15, -0.1) is 0 Å². The molecule has 0 aliphatic heterocycles. The summed E-state index contributed by atoms with van der Waals surface area (Å²) in [5.41, 5.74) is 5.24. The number of ether oxygens (including phenoxy) is 1. The van der Waals surface area contributed by atoms with Crippen molar-refractivity contribution in [1.29, 1.82) is 0 Å². The van der Waals surface area contributed by atoms with E-state index in [1.807, 2.05) is 0 Å². The molecule has 2 nitrogen and oxygen atoms in total. The third-order valence-corrected chi connectivity index (χ3v) is 3.83. The minimum atomic E-state index is 0.356. The van der Waals surface area contributed by atoms with E-state index in [1.54, 1.807) is 7.11 Å². The van der Waals surface area contributed by atoms with E-state index in [-0.39, 0.29) is 0 Å². The van der Waals surface area contributed by atoms with E-state index < -0.39 is 0 Å². The van der Waals surface area contributed by atoms with Crippen LogP contribution in [0.2, 0.25) is 0 Å². The normalized spacial score (nSPS) is 12.3. The Balaban J connectivity index is 1.88. The Labute approximate surface area is 128 Å². The van der Waals surface area contributed by atoms with Crippen LogP contribution in [0.1, 0.15) is 42.1 Å². The first-order chi connectivity index (χ1) is 10.2. The molecule has 1 N–H and O–H groups in total. The number of hydrogen-bond acceptors (Lipinski definition) is 2. The first-order valence-electron chi connectivity index (χ1n) is 7.62. The molecular weight excluding hydrogens is 258 g/mol. The molecule has 0 spiro atoms. The summed E-state index contributed by atoms with van der Waals surface area (Å²) >= 11 is 0. The third-order valence-electron chi connectivity index (χ3n) is 3.83. The van der Waals surface area contributed by atoms with Crippen molar-refractivity contribution in [2.24, 2.45) is 0 Å². The maximum atomic E-state index is 5.13. The quantitative estimate of drug-likeness (QED) is 0.820. The van der Waals surface area contributed by atoms with Gasteiger partial charge in [0.05, 0.1) is 6.61 Å². The number of hydrogen-bond donors (Lipinski definition) is 1. The van der Waals surface area contributed by atoms with Crippen LogP contribution in [0.5, 0.6) is 0 Å². The molecule has 1 atom stereocenters. The zero-order valence-electron chi connectivity index (χ0n) is 13.2. The third kappa shape index (κ3) is 4.69. The molecule has 0 aliphatic carbocycles. The van der Waals surface area contributed by atoms with Gasteiger partial charge in [0.1, 0.15) is 0 Å². The van der Waals surface area contributed by atoms with E-state index in [0.29, 0.717) is 12.6 Å². The minimum absolute atomic E-state index is 0.356. The molecule has 0 saturated carbocycles. The molecule has 0 aliphatic rings. The van der Waals surface area contributed by atoms with Crippen molar-refractivity contribution >= 4 is 0 Å². The summed E-state index contributed by atoms with van der Waals surface area (Å²) in [7, 11) is 1.72. The van der Waals surface area contributed by atoms with Gasteiger partial charge in [-0.2, -0.15) is 0 Å². The fourth-order valence-corrected chi connectivity index (χ4v) is 2.35. The average Bonchev–Trinajstić information content (AvgIpc) is 2.54. The van der Waals surface area contributed by atoms with Gasteiger partial charge in [0, 0.05) is 19.7 Å². The van der Waals surface area contributed by atoms with E-state index >= 15 is 0 Å². The molecular formula is C19H25NO. The van der Waals surface area contributed by atoms with Crippen LogP contribution in [0.25, 0.3) is 0 Å². The van der Waals surface area contributed by atoms with E-state index in [9.17, 15) is 0 Å². The summed E-state index contributed by atoms with van der Waals surface area (Å²) in [6, 6.07) is 17.8. The van der Waals surface area contributed by atoms with E-state index in [1.165, 1.54) is 22.3 Å². The Hall–Kier alpha value is -1.64. The average molecular weight is 283 g/mol. The van der Waals surface area contributed by atoms with Gasteiger partial charge in [-0.1, -0.05) is 55.5 Å². The van der Waals surface area contributed by atoms with E-state index in [0.717, 1.165) is 13.0 Å².